The molecule has 5 nitrogen and oxygen atoms in total. The Morgan fingerprint density at radius 1 is 0.969 bits per heavy atom. The van der Waals surface area contributed by atoms with E-state index in [4.69, 9.17) is 12.2 Å². The first-order valence-electron chi connectivity index (χ1n) is 10.7. The quantitative estimate of drug-likeness (QED) is 0.441. The van der Waals surface area contributed by atoms with Crippen LogP contribution in [0.15, 0.2) is 85.3 Å². The molecule has 0 amide bonds. The molecule has 0 unspecified atom stereocenters. The zero-order valence-electron chi connectivity index (χ0n) is 18.1. The van der Waals surface area contributed by atoms with Crippen LogP contribution in [0.1, 0.15) is 40.3 Å². The van der Waals surface area contributed by atoms with Crippen molar-refractivity contribution >= 4 is 17.3 Å². The predicted molar refractivity (Wildman–Crippen MR) is 130 cm³/mol. The monoisotopic (exact) mass is 439 g/mol. The largest absolute Gasteiger partial charge is 0.352 e. The minimum Gasteiger partial charge on any atom is -0.352 e. The van der Waals surface area contributed by atoms with Crippen LogP contribution in [0.5, 0.6) is 0 Å². The number of rotatable bonds is 5. The van der Waals surface area contributed by atoms with Gasteiger partial charge in [0, 0.05) is 30.3 Å². The Morgan fingerprint density at radius 3 is 2.50 bits per heavy atom. The molecule has 1 aliphatic heterocycles. The van der Waals surface area contributed by atoms with Crippen molar-refractivity contribution in [1.29, 1.82) is 0 Å². The van der Waals surface area contributed by atoms with Crippen LogP contribution in [0.3, 0.4) is 0 Å². The first-order chi connectivity index (χ1) is 15.6. The molecule has 32 heavy (non-hydrogen) atoms. The molecule has 6 heteroatoms. The van der Waals surface area contributed by atoms with Gasteiger partial charge in [0.05, 0.1) is 29.7 Å². The molecule has 160 valence electrons. The highest BCUT2D eigenvalue weighted by Crippen LogP contribution is 2.42. The average molecular weight is 440 g/mol. The summed E-state index contributed by atoms with van der Waals surface area (Å²) in [6, 6.07) is 22.8. The van der Waals surface area contributed by atoms with Crippen molar-refractivity contribution in [3.8, 4) is 5.69 Å². The molecule has 0 saturated carbocycles. The lowest BCUT2D eigenvalue weighted by Crippen LogP contribution is -2.29. The van der Waals surface area contributed by atoms with Gasteiger partial charge in [-0.2, -0.15) is 0 Å². The molecule has 4 aromatic rings. The lowest BCUT2D eigenvalue weighted by atomic mass is 9.96. The van der Waals surface area contributed by atoms with Crippen LogP contribution in [0.4, 0.5) is 0 Å². The SMILES string of the molecule is Cc1cc([C@H]2[C@@H](c3ccccn3)NC(=S)N2Cc2ccccc2)c(C)n1-c1cccnc1. The summed E-state index contributed by atoms with van der Waals surface area (Å²) in [5.41, 5.74) is 6.87. The van der Waals surface area contributed by atoms with E-state index >= 15 is 0 Å². The molecule has 1 aliphatic rings. The number of hydrogen-bond acceptors (Lipinski definition) is 3. The summed E-state index contributed by atoms with van der Waals surface area (Å²) in [7, 11) is 0. The standard InChI is InChI=1S/C26H25N5S/c1-18-15-22(19(2)31(18)21-11-8-13-27-16-21)25-24(23-12-6-7-14-28-23)29-26(32)30(25)17-20-9-4-3-5-10-20/h3-16,24-25H,17H2,1-2H3,(H,29,32)/t24-,25+/m1/s1. The Morgan fingerprint density at radius 2 is 1.78 bits per heavy atom. The van der Waals surface area contributed by atoms with E-state index in [1.165, 1.54) is 22.5 Å². The fourth-order valence-corrected chi connectivity index (χ4v) is 4.97. The maximum atomic E-state index is 5.84. The van der Waals surface area contributed by atoms with Crippen LogP contribution in [0.2, 0.25) is 0 Å². The van der Waals surface area contributed by atoms with Gasteiger partial charge in [-0.15, -0.1) is 0 Å². The number of aromatic nitrogens is 3. The smallest absolute Gasteiger partial charge is 0.170 e. The highest BCUT2D eigenvalue weighted by Gasteiger charge is 2.41. The van der Waals surface area contributed by atoms with Crippen molar-refractivity contribution in [2.45, 2.75) is 32.5 Å². The third kappa shape index (κ3) is 3.67. The number of hydrogen-bond donors (Lipinski definition) is 1. The Bertz CT molecular complexity index is 1220. The average Bonchev–Trinajstić information content (AvgIpc) is 3.30. The van der Waals surface area contributed by atoms with Crippen LogP contribution in [-0.4, -0.2) is 24.5 Å². The summed E-state index contributed by atoms with van der Waals surface area (Å²) >= 11 is 5.84. The van der Waals surface area contributed by atoms with E-state index in [9.17, 15) is 0 Å². The molecule has 1 saturated heterocycles. The van der Waals surface area contributed by atoms with Gasteiger partial charge in [0.1, 0.15) is 0 Å². The van der Waals surface area contributed by atoms with Gasteiger partial charge in [-0.1, -0.05) is 36.4 Å². The van der Waals surface area contributed by atoms with E-state index in [-0.39, 0.29) is 12.1 Å². The van der Waals surface area contributed by atoms with Crippen LogP contribution in [0, 0.1) is 13.8 Å². The summed E-state index contributed by atoms with van der Waals surface area (Å²) in [6.07, 6.45) is 5.55. The highest BCUT2D eigenvalue weighted by atomic mass is 32.1. The molecular weight excluding hydrogens is 414 g/mol. The number of benzene rings is 1. The van der Waals surface area contributed by atoms with E-state index < -0.39 is 0 Å². The number of nitrogens with one attached hydrogen (secondary N) is 1. The summed E-state index contributed by atoms with van der Waals surface area (Å²) in [5.74, 6) is 0. The van der Waals surface area contributed by atoms with Crippen molar-refractivity contribution in [3.05, 3.63) is 114 Å². The van der Waals surface area contributed by atoms with Gasteiger partial charge in [0.15, 0.2) is 5.11 Å². The minimum absolute atomic E-state index is 0.0224. The van der Waals surface area contributed by atoms with Gasteiger partial charge in [0.2, 0.25) is 0 Å². The zero-order chi connectivity index (χ0) is 22.1. The molecule has 4 heterocycles. The van der Waals surface area contributed by atoms with Crippen molar-refractivity contribution in [3.63, 3.8) is 0 Å². The van der Waals surface area contributed by atoms with Crippen molar-refractivity contribution in [1.82, 2.24) is 24.8 Å². The number of thiocarbonyl (C=S) groups is 1. The van der Waals surface area contributed by atoms with E-state index in [1.807, 2.05) is 36.7 Å². The van der Waals surface area contributed by atoms with E-state index in [0.29, 0.717) is 0 Å². The Labute approximate surface area is 193 Å². The second-order valence-electron chi connectivity index (χ2n) is 8.11. The second kappa shape index (κ2) is 8.55. The first kappa shape index (κ1) is 20.4. The van der Waals surface area contributed by atoms with Gasteiger partial charge in [-0.3, -0.25) is 9.97 Å². The summed E-state index contributed by atoms with van der Waals surface area (Å²) in [4.78, 5) is 11.3. The lowest BCUT2D eigenvalue weighted by Gasteiger charge is -2.28. The fourth-order valence-electron chi connectivity index (χ4n) is 4.66. The maximum absolute atomic E-state index is 5.84. The summed E-state index contributed by atoms with van der Waals surface area (Å²) in [6.45, 7) is 5.05. The Kier molecular flexibility index (Phi) is 5.45. The van der Waals surface area contributed by atoms with Crippen molar-refractivity contribution in [2.24, 2.45) is 0 Å². The van der Waals surface area contributed by atoms with Gasteiger partial charge in [0.25, 0.3) is 0 Å². The molecule has 0 radical (unpaired) electrons. The highest BCUT2D eigenvalue weighted by molar-refractivity contribution is 7.80. The molecule has 0 bridgehead atoms. The molecule has 1 fully saturated rings. The van der Waals surface area contributed by atoms with Gasteiger partial charge in [-0.25, -0.2) is 0 Å². The lowest BCUT2D eigenvalue weighted by molar-refractivity contribution is 0.310. The normalized spacial score (nSPS) is 18.1. The molecule has 2 atom stereocenters. The van der Waals surface area contributed by atoms with Crippen molar-refractivity contribution in [2.75, 3.05) is 0 Å². The Hall–Kier alpha value is -3.51. The van der Waals surface area contributed by atoms with Gasteiger partial charge < -0.3 is 14.8 Å². The van der Waals surface area contributed by atoms with Crippen molar-refractivity contribution < 1.29 is 0 Å². The van der Waals surface area contributed by atoms with E-state index in [1.54, 1.807) is 6.20 Å². The number of aryl methyl sites for hydroxylation is 1. The second-order valence-corrected chi connectivity index (χ2v) is 8.50. The third-order valence-corrected chi connectivity index (χ3v) is 6.44. The topological polar surface area (TPSA) is 46.0 Å². The van der Waals surface area contributed by atoms with Crippen LogP contribution in [-0.2, 0) is 6.54 Å². The minimum atomic E-state index is -0.0322. The predicted octanol–water partition coefficient (Wildman–Crippen LogP) is 5.06. The molecule has 5 rings (SSSR count). The summed E-state index contributed by atoms with van der Waals surface area (Å²) in [5, 5.41) is 4.31. The van der Waals surface area contributed by atoms with Crippen LogP contribution >= 0.6 is 12.2 Å². The number of pyridine rings is 2. The maximum Gasteiger partial charge on any atom is 0.170 e. The zero-order valence-corrected chi connectivity index (χ0v) is 19.0. The molecular formula is C26H25N5S. The summed E-state index contributed by atoms with van der Waals surface area (Å²) < 4.78 is 2.26. The van der Waals surface area contributed by atoms with E-state index in [2.05, 4.69) is 81.1 Å². The first-order valence-corrected chi connectivity index (χ1v) is 11.2. The van der Waals surface area contributed by atoms with Crippen LogP contribution in [0.25, 0.3) is 5.69 Å². The molecule has 3 aromatic heterocycles. The molecule has 0 spiro atoms. The van der Waals surface area contributed by atoms with E-state index in [0.717, 1.165) is 23.0 Å². The molecule has 1 N–H and O–H groups in total. The Balaban J connectivity index is 1.62. The molecule has 1 aromatic carbocycles. The van der Waals surface area contributed by atoms with Crippen LogP contribution < -0.4 is 5.32 Å². The fraction of sp³-hybridized carbons (Fsp3) is 0.192. The number of nitrogens with zero attached hydrogens (tertiary/aromatic N) is 4. The third-order valence-electron chi connectivity index (χ3n) is 6.09. The molecule has 0 aliphatic carbocycles. The van der Waals surface area contributed by atoms with Gasteiger partial charge >= 0.3 is 0 Å². The van der Waals surface area contributed by atoms with Gasteiger partial charge in [-0.05, 0) is 67.5 Å².